The molecule has 1 heteroatoms. The van der Waals surface area contributed by atoms with Crippen LogP contribution >= 0.6 is 0 Å². The van der Waals surface area contributed by atoms with Crippen molar-refractivity contribution in [2.75, 3.05) is 6.61 Å². The van der Waals surface area contributed by atoms with Crippen molar-refractivity contribution >= 4 is 0 Å². The summed E-state index contributed by atoms with van der Waals surface area (Å²) >= 11 is 0. The summed E-state index contributed by atoms with van der Waals surface area (Å²) in [4.78, 5) is 0. The van der Waals surface area contributed by atoms with Gasteiger partial charge in [-0.3, -0.25) is 0 Å². The van der Waals surface area contributed by atoms with Crippen LogP contribution in [0.25, 0.3) is 0 Å². The predicted octanol–water partition coefficient (Wildman–Crippen LogP) is 2.30. The molecule has 1 aliphatic carbocycles. The Morgan fingerprint density at radius 1 is 1.55 bits per heavy atom. The maximum atomic E-state index is 5.59. The third-order valence-corrected chi connectivity index (χ3v) is 2.52. The quantitative estimate of drug-likeness (QED) is 0.481. The molecule has 0 N–H and O–H groups in total. The molecule has 0 spiro atoms. The Hall–Kier alpha value is -0.560. The van der Waals surface area contributed by atoms with Crippen molar-refractivity contribution in [3.8, 4) is 0 Å². The molecule has 0 amide bonds. The summed E-state index contributed by atoms with van der Waals surface area (Å²) in [5.41, 5.74) is 2.93. The lowest BCUT2D eigenvalue weighted by molar-refractivity contribution is 0.146. The molecule has 1 fully saturated rings. The van der Waals surface area contributed by atoms with E-state index >= 15 is 0 Å². The van der Waals surface area contributed by atoms with Gasteiger partial charge in [0.05, 0.1) is 12.7 Å². The third-order valence-electron chi connectivity index (χ3n) is 2.52. The highest BCUT2D eigenvalue weighted by molar-refractivity contribution is 5.29. The van der Waals surface area contributed by atoms with E-state index in [2.05, 4.69) is 26.0 Å². The number of ether oxygens (including phenoxy) is 1. The lowest BCUT2D eigenvalue weighted by Crippen LogP contribution is -2.09. The van der Waals surface area contributed by atoms with Gasteiger partial charge in [0.25, 0.3) is 0 Å². The van der Waals surface area contributed by atoms with E-state index in [4.69, 9.17) is 4.74 Å². The molecule has 2 rings (SSSR count). The second kappa shape index (κ2) is 2.49. The zero-order chi connectivity index (χ0) is 7.84. The smallest absolute Gasteiger partial charge is 0.0973 e. The molecule has 0 aromatic heterocycles. The van der Waals surface area contributed by atoms with E-state index in [9.17, 15) is 0 Å². The molecule has 1 aliphatic heterocycles. The molecule has 2 unspecified atom stereocenters. The van der Waals surface area contributed by atoms with E-state index in [1.165, 1.54) is 11.1 Å². The van der Waals surface area contributed by atoms with Crippen LogP contribution in [0, 0.1) is 5.92 Å². The Labute approximate surface area is 67.7 Å². The zero-order valence-corrected chi connectivity index (χ0v) is 7.13. The van der Waals surface area contributed by atoms with Gasteiger partial charge in [-0.05, 0) is 18.9 Å². The van der Waals surface area contributed by atoms with E-state index in [0.29, 0.717) is 12.0 Å². The fourth-order valence-corrected chi connectivity index (χ4v) is 1.79. The number of rotatable bonds is 0. The average molecular weight is 150 g/mol. The minimum absolute atomic E-state index is 0.318. The molecular weight excluding hydrogens is 136 g/mol. The van der Waals surface area contributed by atoms with Gasteiger partial charge < -0.3 is 4.74 Å². The second-order valence-corrected chi connectivity index (χ2v) is 3.58. The predicted molar refractivity (Wildman–Crippen MR) is 45.4 cm³/mol. The van der Waals surface area contributed by atoms with Crippen LogP contribution in [-0.4, -0.2) is 12.7 Å². The van der Waals surface area contributed by atoms with E-state index < -0.39 is 0 Å². The van der Waals surface area contributed by atoms with Crippen LogP contribution in [0.1, 0.15) is 20.3 Å². The van der Waals surface area contributed by atoms with Crippen molar-refractivity contribution in [3.63, 3.8) is 0 Å². The fraction of sp³-hybridized carbons (Fsp3) is 0.600. The molecule has 1 saturated heterocycles. The molecule has 0 aromatic carbocycles. The van der Waals surface area contributed by atoms with Crippen LogP contribution in [-0.2, 0) is 4.74 Å². The molecular formula is C10H14O. The summed E-state index contributed by atoms with van der Waals surface area (Å²) in [5.74, 6) is 0.643. The van der Waals surface area contributed by atoms with E-state index in [0.717, 1.165) is 13.0 Å². The van der Waals surface area contributed by atoms with Gasteiger partial charge >= 0.3 is 0 Å². The summed E-state index contributed by atoms with van der Waals surface area (Å²) in [6.45, 7) is 5.31. The lowest BCUT2D eigenvalue weighted by Gasteiger charge is -2.14. The van der Waals surface area contributed by atoms with Gasteiger partial charge in [0, 0.05) is 5.92 Å². The van der Waals surface area contributed by atoms with Crippen molar-refractivity contribution < 1.29 is 4.74 Å². The summed E-state index contributed by atoms with van der Waals surface area (Å²) < 4.78 is 5.59. The van der Waals surface area contributed by atoms with Gasteiger partial charge in [0.2, 0.25) is 0 Å². The highest BCUT2D eigenvalue weighted by Gasteiger charge is 2.27. The van der Waals surface area contributed by atoms with Crippen molar-refractivity contribution in [2.24, 2.45) is 5.92 Å². The SMILES string of the molecule is CC1=CC2OCC(C)C2=CC1. The first kappa shape index (κ1) is 7.11. The number of fused-ring (bicyclic) bond motifs is 1. The Balaban J connectivity index is 2.23. The van der Waals surface area contributed by atoms with Crippen molar-refractivity contribution in [2.45, 2.75) is 26.4 Å². The van der Waals surface area contributed by atoms with Crippen LogP contribution < -0.4 is 0 Å². The largest absolute Gasteiger partial charge is 0.369 e. The fourth-order valence-electron chi connectivity index (χ4n) is 1.79. The topological polar surface area (TPSA) is 9.23 Å². The maximum absolute atomic E-state index is 5.59. The minimum Gasteiger partial charge on any atom is -0.369 e. The molecule has 0 bridgehead atoms. The molecule has 11 heavy (non-hydrogen) atoms. The van der Waals surface area contributed by atoms with Crippen LogP contribution in [0.4, 0.5) is 0 Å². The Morgan fingerprint density at radius 2 is 2.36 bits per heavy atom. The van der Waals surface area contributed by atoms with E-state index in [1.54, 1.807) is 0 Å². The summed E-state index contributed by atoms with van der Waals surface area (Å²) in [6.07, 6.45) is 6.02. The molecule has 60 valence electrons. The molecule has 2 aliphatic rings. The summed E-state index contributed by atoms with van der Waals surface area (Å²) in [6, 6.07) is 0. The highest BCUT2D eigenvalue weighted by atomic mass is 16.5. The molecule has 0 radical (unpaired) electrons. The molecule has 1 nitrogen and oxygen atoms in total. The Bertz CT molecular complexity index is 225. The highest BCUT2D eigenvalue weighted by Crippen LogP contribution is 2.31. The first-order valence-electron chi connectivity index (χ1n) is 4.26. The Kier molecular flexibility index (Phi) is 1.61. The zero-order valence-electron chi connectivity index (χ0n) is 7.13. The Morgan fingerprint density at radius 3 is 3.18 bits per heavy atom. The van der Waals surface area contributed by atoms with Gasteiger partial charge in [0.15, 0.2) is 0 Å². The maximum Gasteiger partial charge on any atom is 0.0973 e. The van der Waals surface area contributed by atoms with E-state index in [1.807, 2.05) is 0 Å². The molecule has 1 heterocycles. The first-order chi connectivity index (χ1) is 5.27. The van der Waals surface area contributed by atoms with Gasteiger partial charge in [-0.2, -0.15) is 0 Å². The normalized spacial score (nSPS) is 36.2. The van der Waals surface area contributed by atoms with Gasteiger partial charge in [0.1, 0.15) is 0 Å². The number of hydrogen-bond donors (Lipinski definition) is 0. The van der Waals surface area contributed by atoms with Crippen molar-refractivity contribution in [3.05, 3.63) is 23.3 Å². The summed E-state index contributed by atoms with van der Waals surface area (Å²) in [5, 5.41) is 0. The van der Waals surface area contributed by atoms with Crippen LogP contribution in [0.15, 0.2) is 23.3 Å². The van der Waals surface area contributed by atoms with Crippen LogP contribution in [0.5, 0.6) is 0 Å². The van der Waals surface area contributed by atoms with Crippen molar-refractivity contribution in [1.29, 1.82) is 0 Å². The van der Waals surface area contributed by atoms with Gasteiger partial charge in [-0.25, -0.2) is 0 Å². The first-order valence-corrected chi connectivity index (χ1v) is 4.26. The minimum atomic E-state index is 0.318. The standard InChI is InChI=1S/C10H14O/c1-7-3-4-9-8(2)6-11-10(9)5-7/h4-5,8,10H,3,6H2,1-2H3. The van der Waals surface area contributed by atoms with Crippen LogP contribution in [0.3, 0.4) is 0 Å². The molecule has 0 aromatic rings. The molecule has 0 saturated carbocycles. The second-order valence-electron chi connectivity index (χ2n) is 3.58. The monoisotopic (exact) mass is 150 g/mol. The molecule has 2 atom stereocenters. The number of allylic oxidation sites excluding steroid dienone is 2. The number of hydrogen-bond acceptors (Lipinski definition) is 1. The van der Waals surface area contributed by atoms with Gasteiger partial charge in [-0.15, -0.1) is 0 Å². The summed E-state index contributed by atoms with van der Waals surface area (Å²) in [7, 11) is 0. The average Bonchev–Trinajstić information content (AvgIpc) is 2.32. The van der Waals surface area contributed by atoms with Crippen LogP contribution in [0.2, 0.25) is 0 Å². The van der Waals surface area contributed by atoms with Gasteiger partial charge in [-0.1, -0.05) is 24.6 Å². The lowest BCUT2D eigenvalue weighted by atomic mass is 9.92. The van der Waals surface area contributed by atoms with Crippen molar-refractivity contribution in [1.82, 2.24) is 0 Å². The third kappa shape index (κ3) is 1.14. The van der Waals surface area contributed by atoms with E-state index in [-0.39, 0.29) is 0 Å².